The molecule has 1 aliphatic heterocycles. The number of anilines is 2. The van der Waals surface area contributed by atoms with E-state index in [2.05, 4.69) is 10.6 Å². The number of amides is 6. The van der Waals surface area contributed by atoms with Crippen LogP contribution in [0, 0.1) is 0 Å². The first-order valence-electron chi connectivity index (χ1n) is 7.13. The Morgan fingerprint density at radius 2 is 1.80 bits per heavy atom. The topological polar surface area (TPSA) is 125 Å². The summed E-state index contributed by atoms with van der Waals surface area (Å²) in [6, 6.07) is 3.70. The molecule has 0 aliphatic carbocycles. The van der Waals surface area contributed by atoms with E-state index in [-0.39, 0.29) is 11.6 Å². The summed E-state index contributed by atoms with van der Waals surface area (Å²) in [7, 11) is 2.55. The Hall–Kier alpha value is -3.43. The summed E-state index contributed by atoms with van der Waals surface area (Å²) in [6.07, 6.45) is 0. The maximum absolute atomic E-state index is 12.1. The van der Waals surface area contributed by atoms with Crippen molar-refractivity contribution in [2.45, 2.75) is 6.92 Å². The molecule has 1 heterocycles. The van der Waals surface area contributed by atoms with Crippen molar-refractivity contribution in [3.8, 4) is 5.75 Å². The average Bonchev–Trinajstić information content (AvgIpc) is 2.72. The molecule has 2 rings (SSSR count). The van der Waals surface area contributed by atoms with Gasteiger partial charge in [-0.15, -0.1) is 0 Å². The van der Waals surface area contributed by atoms with E-state index in [4.69, 9.17) is 4.74 Å². The maximum atomic E-state index is 12.1. The van der Waals surface area contributed by atoms with E-state index in [0.717, 1.165) is 7.05 Å². The molecular weight excluding hydrogens is 332 g/mol. The number of hydrogen-bond donors (Lipinski definition) is 2. The molecular formula is C15H16N4O6. The highest BCUT2D eigenvalue weighted by Crippen LogP contribution is 2.28. The minimum absolute atomic E-state index is 0.234. The van der Waals surface area contributed by atoms with Crippen LogP contribution >= 0.6 is 0 Å². The van der Waals surface area contributed by atoms with Gasteiger partial charge in [0.2, 0.25) is 11.8 Å². The summed E-state index contributed by atoms with van der Waals surface area (Å²) < 4.78 is 5.12. The molecule has 10 nitrogen and oxygen atoms in total. The molecule has 10 heteroatoms. The van der Waals surface area contributed by atoms with Crippen molar-refractivity contribution in [3.05, 3.63) is 18.2 Å². The number of methoxy groups -OCH3 is 1. The van der Waals surface area contributed by atoms with Crippen molar-refractivity contribution in [1.82, 2.24) is 9.80 Å². The van der Waals surface area contributed by atoms with Crippen molar-refractivity contribution in [2.24, 2.45) is 0 Å². The molecule has 1 aliphatic rings. The van der Waals surface area contributed by atoms with Gasteiger partial charge in [0.15, 0.2) is 0 Å². The third kappa shape index (κ3) is 3.74. The Kier molecular flexibility index (Phi) is 5.01. The van der Waals surface area contributed by atoms with Crippen molar-refractivity contribution in [1.29, 1.82) is 0 Å². The molecule has 2 N–H and O–H groups in total. The summed E-state index contributed by atoms with van der Waals surface area (Å²) in [5.74, 6) is -2.75. The van der Waals surface area contributed by atoms with Crippen LogP contribution in [-0.4, -0.2) is 60.2 Å². The first kappa shape index (κ1) is 17.9. The second-order valence-electron chi connectivity index (χ2n) is 5.18. The van der Waals surface area contributed by atoms with E-state index in [1.54, 1.807) is 6.07 Å². The third-order valence-corrected chi connectivity index (χ3v) is 3.35. The van der Waals surface area contributed by atoms with Crippen molar-refractivity contribution in [3.63, 3.8) is 0 Å². The number of rotatable bonds is 5. The number of imide groups is 2. The van der Waals surface area contributed by atoms with Crippen LogP contribution in [0.5, 0.6) is 5.75 Å². The summed E-state index contributed by atoms with van der Waals surface area (Å²) in [6.45, 7) is 0.710. The van der Waals surface area contributed by atoms with E-state index in [1.807, 2.05) is 0 Å². The van der Waals surface area contributed by atoms with Gasteiger partial charge in [0.1, 0.15) is 12.3 Å². The lowest BCUT2D eigenvalue weighted by molar-refractivity contribution is -0.143. The largest absolute Gasteiger partial charge is 0.495 e. The van der Waals surface area contributed by atoms with E-state index >= 15 is 0 Å². The lowest BCUT2D eigenvalue weighted by atomic mass is 10.2. The summed E-state index contributed by atoms with van der Waals surface area (Å²) in [5.41, 5.74) is 0.657. The van der Waals surface area contributed by atoms with Gasteiger partial charge in [0.05, 0.1) is 12.8 Å². The number of urea groups is 1. The first-order valence-corrected chi connectivity index (χ1v) is 7.13. The SMILES string of the molecule is COc1ccc(NC(C)=O)cc1NC(=O)CN1C(=O)C(=O)N(C)C1=O. The van der Waals surface area contributed by atoms with E-state index in [9.17, 15) is 24.0 Å². The van der Waals surface area contributed by atoms with E-state index in [0.29, 0.717) is 21.2 Å². The third-order valence-electron chi connectivity index (χ3n) is 3.35. The predicted octanol–water partition coefficient (Wildman–Crippen LogP) is 0.0127. The summed E-state index contributed by atoms with van der Waals surface area (Å²) in [4.78, 5) is 59.3. The monoisotopic (exact) mass is 348 g/mol. The highest BCUT2D eigenvalue weighted by atomic mass is 16.5. The molecule has 132 valence electrons. The van der Waals surface area contributed by atoms with Crippen LogP contribution in [0.4, 0.5) is 16.2 Å². The highest BCUT2D eigenvalue weighted by molar-refractivity contribution is 6.44. The number of hydrogen-bond acceptors (Lipinski definition) is 6. The number of ether oxygens (including phenoxy) is 1. The zero-order chi connectivity index (χ0) is 18.7. The molecule has 25 heavy (non-hydrogen) atoms. The van der Waals surface area contributed by atoms with Gasteiger partial charge in [-0.3, -0.25) is 24.1 Å². The van der Waals surface area contributed by atoms with Crippen molar-refractivity contribution < 1.29 is 28.7 Å². The Morgan fingerprint density at radius 3 is 2.32 bits per heavy atom. The van der Waals surface area contributed by atoms with Crippen LogP contribution in [-0.2, 0) is 19.2 Å². The fraction of sp³-hybridized carbons (Fsp3) is 0.267. The zero-order valence-electron chi connectivity index (χ0n) is 13.8. The fourth-order valence-corrected chi connectivity index (χ4v) is 2.17. The number of carbonyl (C=O) groups excluding carboxylic acids is 5. The van der Waals surface area contributed by atoms with Crippen LogP contribution in [0.2, 0.25) is 0 Å². The van der Waals surface area contributed by atoms with Gasteiger partial charge >= 0.3 is 17.8 Å². The highest BCUT2D eigenvalue weighted by Gasteiger charge is 2.43. The maximum Gasteiger partial charge on any atom is 0.334 e. The van der Waals surface area contributed by atoms with Crippen LogP contribution in [0.15, 0.2) is 18.2 Å². The van der Waals surface area contributed by atoms with Gasteiger partial charge in [0, 0.05) is 19.7 Å². The van der Waals surface area contributed by atoms with Crippen LogP contribution < -0.4 is 15.4 Å². The van der Waals surface area contributed by atoms with Gasteiger partial charge in [-0.1, -0.05) is 0 Å². The molecule has 0 unspecified atom stereocenters. The quantitative estimate of drug-likeness (QED) is 0.570. The molecule has 0 bridgehead atoms. The summed E-state index contributed by atoms with van der Waals surface area (Å²) in [5, 5.41) is 5.03. The molecule has 1 saturated heterocycles. The Morgan fingerprint density at radius 1 is 1.12 bits per heavy atom. The zero-order valence-corrected chi connectivity index (χ0v) is 13.8. The minimum Gasteiger partial charge on any atom is -0.495 e. The summed E-state index contributed by atoms with van der Waals surface area (Å²) >= 11 is 0. The Bertz CT molecular complexity index is 775. The Balaban J connectivity index is 2.14. The standard InChI is InChI=1S/C15H16N4O6/c1-8(20)16-9-4-5-11(25-3)10(6-9)17-12(21)7-19-14(23)13(22)18(2)15(19)24/h4-6H,7H2,1-3H3,(H,16,20)(H,17,21). The number of carbonyl (C=O) groups is 5. The first-order chi connectivity index (χ1) is 11.7. The molecule has 0 saturated carbocycles. The fourth-order valence-electron chi connectivity index (χ4n) is 2.17. The molecule has 0 atom stereocenters. The van der Waals surface area contributed by atoms with E-state index in [1.165, 1.54) is 26.2 Å². The molecule has 1 aromatic carbocycles. The van der Waals surface area contributed by atoms with Gasteiger partial charge in [-0.2, -0.15) is 0 Å². The molecule has 1 fully saturated rings. The molecule has 1 aromatic rings. The number of likely N-dealkylation sites (N-methyl/N-ethyl adjacent to an activating group) is 1. The second-order valence-corrected chi connectivity index (χ2v) is 5.18. The lowest BCUT2D eigenvalue weighted by Gasteiger charge is -2.15. The average molecular weight is 348 g/mol. The predicted molar refractivity (Wildman–Crippen MR) is 85.8 cm³/mol. The Labute approximate surface area is 142 Å². The van der Waals surface area contributed by atoms with Crippen molar-refractivity contribution in [2.75, 3.05) is 31.3 Å². The van der Waals surface area contributed by atoms with Crippen LogP contribution in [0.25, 0.3) is 0 Å². The van der Waals surface area contributed by atoms with Gasteiger partial charge in [-0.25, -0.2) is 9.69 Å². The molecule has 6 amide bonds. The van der Waals surface area contributed by atoms with Crippen molar-refractivity contribution >= 4 is 41.0 Å². The normalized spacial score (nSPS) is 14.0. The smallest absolute Gasteiger partial charge is 0.334 e. The van der Waals surface area contributed by atoms with Crippen LogP contribution in [0.3, 0.4) is 0 Å². The molecule has 0 aromatic heterocycles. The lowest BCUT2D eigenvalue weighted by Crippen LogP contribution is -2.38. The molecule has 0 radical (unpaired) electrons. The number of benzene rings is 1. The van der Waals surface area contributed by atoms with E-state index < -0.39 is 30.3 Å². The van der Waals surface area contributed by atoms with Crippen LogP contribution in [0.1, 0.15) is 6.92 Å². The minimum atomic E-state index is -1.07. The second kappa shape index (κ2) is 6.99. The number of nitrogens with zero attached hydrogens (tertiary/aromatic N) is 2. The van der Waals surface area contributed by atoms with Gasteiger partial charge in [-0.05, 0) is 18.2 Å². The van der Waals surface area contributed by atoms with Gasteiger partial charge in [0.25, 0.3) is 0 Å². The number of nitrogens with one attached hydrogen (secondary N) is 2. The molecule has 0 spiro atoms. The van der Waals surface area contributed by atoms with Gasteiger partial charge < -0.3 is 15.4 Å².